The zero-order valence-electron chi connectivity index (χ0n) is 7.84. The van der Waals surface area contributed by atoms with Crippen LogP contribution in [0.5, 0.6) is 0 Å². The molecule has 0 aromatic rings. The Balaban J connectivity index is 2.34. The third-order valence-corrected chi connectivity index (χ3v) is 3.02. The summed E-state index contributed by atoms with van der Waals surface area (Å²) < 4.78 is 0. The summed E-state index contributed by atoms with van der Waals surface area (Å²) in [5, 5.41) is 9.17. The number of allylic oxidation sites excluding steroid dienone is 4. The van der Waals surface area contributed by atoms with Gasteiger partial charge in [-0.3, -0.25) is 4.79 Å². The molecule has 0 saturated heterocycles. The fourth-order valence-corrected chi connectivity index (χ4v) is 2.14. The van der Waals surface area contributed by atoms with Crippen molar-refractivity contribution in [3.05, 3.63) is 23.3 Å². The Morgan fingerprint density at radius 1 is 1.62 bits per heavy atom. The first-order valence-electron chi connectivity index (χ1n) is 4.71. The van der Waals surface area contributed by atoms with Crippen LogP contribution in [0.3, 0.4) is 0 Å². The first kappa shape index (κ1) is 8.70. The van der Waals surface area contributed by atoms with Crippen LogP contribution in [0.1, 0.15) is 26.2 Å². The van der Waals surface area contributed by atoms with E-state index in [9.17, 15) is 9.90 Å². The molecule has 0 fully saturated rings. The Labute approximate surface area is 78.0 Å². The molecule has 0 saturated carbocycles. The highest BCUT2D eigenvalue weighted by molar-refractivity contribution is 6.05. The molecule has 0 aromatic carbocycles. The molecule has 0 amide bonds. The van der Waals surface area contributed by atoms with Crippen LogP contribution in [0.2, 0.25) is 0 Å². The number of carbonyl (C=O) groups is 1. The number of ketones is 1. The third kappa shape index (κ3) is 1.17. The molecule has 0 aliphatic heterocycles. The molecule has 0 heterocycles. The molecule has 2 rings (SSSR count). The maximum absolute atomic E-state index is 11.8. The van der Waals surface area contributed by atoms with Gasteiger partial charge >= 0.3 is 0 Å². The summed E-state index contributed by atoms with van der Waals surface area (Å²) in [6.45, 7) is 1.81. The van der Waals surface area contributed by atoms with Crippen molar-refractivity contribution in [2.24, 2.45) is 5.41 Å². The fraction of sp³-hybridized carbons (Fsp3) is 0.545. The number of aliphatic hydroxyl groups is 1. The topological polar surface area (TPSA) is 37.3 Å². The number of carbonyl (C=O) groups excluding carboxylic acids is 1. The Kier molecular flexibility index (Phi) is 1.88. The Morgan fingerprint density at radius 3 is 3.00 bits per heavy atom. The second kappa shape index (κ2) is 2.81. The summed E-state index contributed by atoms with van der Waals surface area (Å²) in [4.78, 5) is 11.8. The molecule has 1 atom stereocenters. The predicted molar refractivity (Wildman–Crippen MR) is 50.2 cm³/mol. The van der Waals surface area contributed by atoms with E-state index in [1.54, 1.807) is 0 Å². The molecule has 2 aliphatic rings. The maximum Gasteiger partial charge on any atom is 0.171 e. The Bertz CT molecular complexity index is 312. The normalized spacial score (nSPS) is 32.6. The van der Waals surface area contributed by atoms with Crippen LogP contribution in [0, 0.1) is 5.41 Å². The van der Waals surface area contributed by atoms with Gasteiger partial charge in [-0.1, -0.05) is 17.7 Å². The first-order chi connectivity index (χ1) is 6.17. The van der Waals surface area contributed by atoms with Gasteiger partial charge < -0.3 is 5.11 Å². The lowest BCUT2D eigenvalue weighted by atomic mass is 9.86. The summed E-state index contributed by atoms with van der Waals surface area (Å²) in [5.41, 5.74) is 1.58. The minimum atomic E-state index is -0.528. The molecule has 1 N–H and O–H groups in total. The first-order valence-corrected chi connectivity index (χ1v) is 4.71. The van der Waals surface area contributed by atoms with Crippen molar-refractivity contribution in [2.75, 3.05) is 6.61 Å². The van der Waals surface area contributed by atoms with Gasteiger partial charge in [0.15, 0.2) is 5.78 Å². The van der Waals surface area contributed by atoms with E-state index in [0.29, 0.717) is 0 Å². The van der Waals surface area contributed by atoms with E-state index in [4.69, 9.17) is 0 Å². The lowest BCUT2D eigenvalue weighted by molar-refractivity contribution is -0.124. The van der Waals surface area contributed by atoms with Crippen LogP contribution in [0.15, 0.2) is 23.3 Å². The highest BCUT2D eigenvalue weighted by Crippen LogP contribution is 2.42. The van der Waals surface area contributed by atoms with E-state index in [1.165, 1.54) is 5.57 Å². The molecular formula is C11H14O2. The van der Waals surface area contributed by atoms with Crippen molar-refractivity contribution in [2.45, 2.75) is 26.2 Å². The van der Waals surface area contributed by atoms with Gasteiger partial charge in [0, 0.05) is 5.57 Å². The van der Waals surface area contributed by atoms with Crippen molar-refractivity contribution in [3.63, 3.8) is 0 Å². The summed E-state index contributed by atoms with van der Waals surface area (Å²) in [7, 11) is 0. The average molecular weight is 178 g/mol. The van der Waals surface area contributed by atoms with E-state index in [1.807, 2.05) is 19.1 Å². The fourth-order valence-electron chi connectivity index (χ4n) is 2.14. The minimum absolute atomic E-state index is 0.0350. The van der Waals surface area contributed by atoms with Crippen LogP contribution >= 0.6 is 0 Å². The minimum Gasteiger partial charge on any atom is -0.395 e. The van der Waals surface area contributed by atoms with Gasteiger partial charge in [0.05, 0.1) is 12.0 Å². The van der Waals surface area contributed by atoms with Crippen LogP contribution in [0.4, 0.5) is 0 Å². The smallest absolute Gasteiger partial charge is 0.171 e. The molecule has 2 aliphatic carbocycles. The zero-order valence-corrected chi connectivity index (χ0v) is 7.84. The highest BCUT2D eigenvalue weighted by atomic mass is 16.3. The van der Waals surface area contributed by atoms with Crippen molar-refractivity contribution in [3.8, 4) is 0 Å². The molecule has 70 valence electrons. The zero-order chi connectivity index (χ0) is 9.47. The highest BCUT2D eigenvalue weighted by Gasteiger charge is 2.41. The molecule has 2 nitrogen and oxygen atoms in total. The van der Waals surface area contributed by atoms with Crippen molar-refractivity contribution >= 4 is 5.78 Å². The monoisotopic (exact) mass is 178 g/mol. The van der Waals surface area contributed by atoms with E-state index in [-0.39, 0.29) is 12.4 Å². The average Bonchev–Trinajstić information content (AvgIpc) is 2.41. The number of rotatable bonds is 1. The number of Topliss-reactive ketones (excluding diaryl/α,β-unsaturated/α-hetero) is 1. The van der Waals surface area contributed by atoms with E-state index in [2.05, 4.69) is 0 Å². The maximum atomic E-state index is 11.8. The van der Waals surface area contributed by atoms with E-state index in [0.717, 1.165) is 24.8 Å². The largest absolute Gasteiger partial charge is 0.395 e. The Morgan fingerprint density at radius 2 is 2.38 bits per heavy atom. The van der Waals surface area contributed by atoms with Crippen LogP contribution < -0.4 is 0 Å². The Hall–Kier alpha value is -0.890. The SMILES string of the molecule is CC1(CO)CC2=C(C=CCC2)C1=O. The number of hydrogen-bond donors (Lipinski definition) is 1. The van der Waals surface area contributed by atoms with E-state index < -0.39 is 5.41 Å². The van der Waals surface area contributed by atoms with Gasteiger partial charge in [0.1, 0.15) is 0 Å². The molecular weight excluding hydrogens is 164 g/mol. The quantitative estimate of drug-likeness (QED) is 0.662. The van der Waals surface area contributed by atoms with Gasteiger partial charge in [0.2, 0.25) is 0 Å². The molecule has 2 heteroatoms. The molecule has 0 bridgehead atoms. The van der Waals surface area contributed by atoms with Crippen molar-refractivity contribution in [1.82, 2.24) is 0 Å². The molecule has 0 radical (unpaired) electrons. The number of hydrogen-bond acceptors (Lipinski definition) is 2. The van der Waals surface area contributed by atoms with Crippen LogP contribution in [-0.4, -0.2) is 17.5 Å². The molecule has 13 heavy (non-hydrogen) atoms. The summed E-state index contributed by atoms with van der Waals surface area (Å²) in [5.74, 6) is 0.126. The second-order valence-electron chi connectivity index (χ2n) is 4.18. The predicted octanol–water partition coefficient (Wildman–Crippen LogP) is 1.60. The van der Waals surface area contributed by atoms with Crippen molar-refractivity contribution in [1.29, 1.82) is 0 Å². The molecule has 0 aromatic heterocycles. The van der Waals surface area contributed by atoms with Gasteiger partial charge in [-0.2, -0.15) is 0 Å². The lowest BCUT2D eigenvalue weighted by Crippen LogP contribution is -2.27. The second-order valence-corrected chi connectivity index (χ2v) is 4.18. The van der Waals surface area contributed by atoms with E-state index >= 15 is 0 Å². The standard InChI is InChI=1S/C11H14O2/c1-11(7-12)6-8-4-2-3-5-9(8)10(11)13/h3,5,12H,2,4,6-7H2,1H3. The summed E-state index contributed by atoms with van der Waals surface area (Å²) in [6.07, 6.45) is 6.74. The lowest BCUT2D eigenvalue weighted by Gasteiger charge is -2.18. The van der Waals surface area contributed by atoms with Crippen LogP contribution in [-0.2, 0) is 4.79 Å². The number of aliphatic hydroxyl groups excluding tert-OH is 1. The van der Waals surface area contributed by atoms with Gasteiger partial charge in [-0.15, -0.1) is 0 Å². The third-order valence-electron chi connectivity index (χ3n) is 3.02. The van der Waals surface area contributed by atoms with Gasteiger partial charge in [-0.05, 0) is 26.2 Å². The van der Waals surface area contributed by atoms with Gasteiger partial charge in [-0.25, -0.2) is 0 Å². The van der Waals surface area contributed by atoms with Gasteiger partial charge in [0.25, 0.3) is 0 Å². The summed E-state index contributed by atoms with van der Waals surface area (Å²) >= 11 is 0. The van der Waals surface area contributed by atoms with Crippen LogP contribution in [0.25, 0.3) is 0 Å². The summed E-state index contributed by atoms with van der Waals surface area (Å²) in [6, 6.07) is 0. The molecule has 0 spiro atoms. The van der Waals surface area contributed by atoms with Crippen molar-refractivity contribution < 1.29 is 9.90 Å². The molecule has 1 unspecified atom stereocenters.